The van der Waals surface area contributed by atoms with Crippen LogP contribution in [0.4, 0.5) is 0 Å². The van der Waals surface area contributed by atoms with Gasteiger partial charge >= 0.3 is 0 Å². The molecule has 35 heavy (non-hydrogen) atoms. The van der Waals surface area contributed by atoms with E-state index in [9.17, 15) is 13.2 Å². The standard InChI is InChI=1S/C25H38N6O3S/c1-3-29(4-2)16-9-17-35(33,34)28-22(15-14-20-10-6-5-7-11-20)25-26-23-18-30(21-12-8-13-21)24(32)19-31(23)27-25/h5-7,10-11,21-22,28H,3-4,8-9,12-19H2,1-2H3/t22-/m1/s1. The Hall–Kier alpha value is -2.30. The van der Waals surface area contributed by atoms with Crippen LogP contribution in [0.5, 0.6) is 0 Å². The summed E-state index contributed by atoms with van der Waals surface area (Å²) in [5.41, 5.74) is 1.13. The minimum atomic E-state index is -3.52. The lowest BCUT2D eigenvalue weighted by atomic mass is 9.91. The number of benzene rings is 1. The number of hydrogen-bond donors (Lipinski definition) is 1. The lowest BCUT2D eigenvalue weighted by Gasteiger charge is -2.39. The Kier molecular flexibility index (Phi) is 8.56. The second-order valence-corrected chi connectivity index (χ2v) is 11.4. The molecule has 4 rings (SSSR count). The summed E-state index contributed by atoms with van der Waals surface area (Å²) in [5, 5.41) is 4.59. The number of rotatable bonds is 13. The van der Waals surface area contributed by atoms with Crippen LogP contribution in [0.3, 0.4) is 0 Å². The smallest absolute Gasteiger partial charge is 0.245 e. The summed E-state index contributed by atoms with van der Waals surface area (Å²) in [5.74, 6) is 1.31. The Bertz CT molecular complexity index is 1080. The zero-order valence-electron chi connectivity index (χ0n) is 20.9. The van der Waals surface area contributed by atoms with Crippen molar-refractivity contribution in [3.8, 4) is 0 Å². The molecule has 0 spiro atoms. The Labute approximate surface area is 208 Å². The molecule has 9 nitrogen and oxygen atoms in total. The first kappa shape index (κ1) is 25.8. The number of carbonyl (C=O) groups excluding carboxylic acids is 1. The average molecular weight is 503 g/mol. The van der Waals surface area contributed by atoms with Gasteiger partial charge < -0.3 is 9.80 Å². The van der Waals surface area contributed by atoms with Crippen LogP contribution in [0, 0.1) is 0 Å². The molecule has 1 saturated carbocycles. The Morgan fingerprint density at radius 1 is 1.14 bits per heavy atom. The summed E-state index contributed by atoms with van der Waals surface area (Å²) < 4.78 is 30.6. The van der Waals surface area contributed by atoms with Crippen molar-refractivity contribution in [1.29, 1.82) is 0 Å². The van der Waals surface area contributed by atoms with Crippen LogP contribution in [0.15, 0.2) is 30.3 Å². The third kappa shape index (κ3) is 6.68. The van der Waals surface area contributed by atoms with E-state index in [2.05, 4.69) is 28.6 Å². The fraction of sp³-hybridized carbons (Fsp3) is 0.640. The van der Waals surface area contributed by atoms with Gasteiger partial charge in [-0.15, -0.1) is 0 Å². The molecule has 2 aromatic rings. The predicted octanol–water partition coefficient (Wildman–Crippen LogP) is 2.50. The Balaban J connectivity index is 1.48. The van der Waals surface area contributed by atoms with Crippen molar-refractivity contribution >= 4 is 15.9 Å². The van der Waals surface area contributed by atoms with Gasteiger partial charge in [0.2, 0.25) is 15.9 Å². The highest BCUT2D eigenvalue weighted by molar-refractivity contribution is 7.89. The van der Waals surface area contributed by atoms with E-state index in [1.807, 2.05) is 35.2 Å². The van der Waals surface area contributed by atoms with Crippen LogP contribution in [0.2, 0.25) is 0 Å². The molecule has 1 aromatic carbocycles. The quantitative estimate of drug-likeness (QED) is 0.452. The maximum Gasteiger partial charge on any atom is 0.245 e. The molecule has 1 amide bonds. The highest BCUT2D eigenvalue weighted by atomic mass is 32.2. The van der Waals surface area contributed by atoms with Gasteiger partial charge in [-0.2, -0.15) is 5.10 Å². The molecule has 1 N–H and O–H groups in total. The third-order valence-corrected chi connectivity index (χ3v) is 8.65. The van der Waals surface area contributed by atoms with E-state index < -0.39 is 16.1 Å². The normalized spacial score (nSPS) is 17.5. The first-order chi connectivity index (χ1) is 16.9. The molecule has 1 aromatic heterocycles. The summed E-state index contributed by atoms with van der Waals surface area (Å²) >= 11 is 0. The molecule has 1 atom stereocenters. The SMILES string of the molecule is CCN(CC)CCCS(=O)(=O)N[C@H](CCc1ccccc1)c1nc2n(n1)CC(=O)N(C1CCC1)C2. The van der Waals surface area contributed by atoms with Gasteiger partial charge in [-0.25, -0.2) is 22.8 Å². The number of nitrogens with one attached hydrogen (secondary N) is 1. The molecule has 10 heteroatoms. The second kappa shape index (κ2) is 11.6. The van der Waals surface area contributed by atoms with Crippen LogP contribution in [-0.4, -0.2) is 70.3 Å². The van der Waals surface area contributed by atoms with Gasteiger partial charge in [0.05, 0.1) is 18.3 Å². The summed E-state index contributed by atoms with van der Waals surface area (Å²) in [7, 11) is -3.52. The molecule has 0 radical (unpaired) electrons. The molecule has 192 valence electrons. The zero-order valence-corrected chi connectivity index (χ0v) is 21.7. The van der Waals surface area contributed by atoms with E-state index >= 15 is 0 Å². The maximum absolute atomic E-state index is 13.0. The first-order valence-electron chi connectivity index (χ1n) is 12.9. The highest BCUT2D eigenvalue weighted by Gasteiger charge is 2.35. The van der Waals surface area contributed by atoms with Crippen molar-refractivity contribution in [3.63, 3.8) is 0 Å². The van der Waals surface area contributed by atoms with Crippen molar-refractivity contribution < 1.29 is 13.2 Å². The van der Waals surface area contributed by atoms with Crippen molar-refractivity contribution in [1.82, 2.24) is 29.3 Å². The molecule has 0 bridgehead atoms. The van der Waals surface area contributed by atoms with Crippen LogP contribution in [0.1, 0.15) is 69.2 Å². The Morgan fingerprint density at radius 2 is 1.89 bits per heavy atom. The number of nitrogens with zero attached hydrogens (tertiary/aromatic N) is 5. The number of fused-ring (bicyclic) bond motifs is 1. The lowest BCUT2D eigenvalue weighted by Crippen LogP contribution is -2.48. The van der Waals surface area contributed by atoms with E-state index in [0.717, 1.165) is 50.3 Å². The lowest BCUT2D eigenvalue weighted by molar-refractivity contribution is -0.139. The third-order valence-electron chi connectivity index (χ3n) is 7.18. The molecule has 1 aliphatic heterocycles. The van der Waals surface area contributed by atoms with E-state index in [4.69, 9.17) is 4.98 Å². The number of aromatic nitrogens is 3. The predicted molar refractivity (Wildman–Crippen MR) is 135 cm³/mol. The molecule has 1 fully saturated rings. The van der Waals surface area contributed by atoms with Gasteiger partial charge in [-0.3, -0.25) is 4.79 Å². The zero-order chi connectivity index (χ0) is 24.8. The van der Waals surface area contributed by atoms with E-state index in [0.29, 0.717) is 37.7 Å². The molecular formula is C25H38N6O3S. The van der Waals surface area contributed by atoms with Crippen LogP contribution < -0.4 is 4.72 Å². The van der Waals surface area contributed by atoms with E-state index in [-0.39, 0.29) is 18.2 Å². The number of amides is 1. The molecule has 2 heterocycles. The number of sulfonamides is 1. The highest BCUT2D eigenvalue weighted by Crippen LogP contribution is 2.29. The summed E-state index contributed by atoms with van der Waals surface area (Å²) in [6.45, 7) is 7.34. The molecule has 1 aliphatic carbocycles. The summed E-state index contributed by atoms with van der Waals surface area (Å²) in [6, 6.07) is 9.77. The largest absolute Gasteiger partial charge is 0.331 e. The van der Waals surface area contributed by atoms with Crippen LogP contribution in [0.25, 0.3) is 0 Å². The van der Waals surface area contributed by atoms with Crippen molar-refractivity contribution in [2.24, 2.45) is 0 Å². The molecular weight excluding hydrogens is 464 g/mol. The molecule has 0 saturated heterocycles. The average Bonchev–Trinajstić information content (AvgIpc) is 3.22. The Morgan fingerprint density at radius 3 is 2.54 bits per heavy atom. The molecule has 0 unspecified atom stereocenters. The fourth-order valence-corrected chi connectivity index (χ4v) is 6.05. The fourth-order valence-electron chi connectivity index (χ4n) is 4.77. The topological polar surface area (TPSA) is 100 Å². The minimum absolute atomic E-state index is 0.0623. The van der Waals surface area contributed by atoms with E-state index in [1.165, 1.54) is 0 Å². The number of aryl methyl sites for hydroxylation is 1. The number of carbonyl (C=O) groups is 1. The van der Waals surface area contributed by atoms with Gasteiger partial charge in [-0.1, -0.05) is 44.2 Å². The number of hydrogen-bond acceptors (Lipinski definition) is 6. The first-order valence-corrected chi connectivity index (χ1v) is 14.5. The van der Waals surface area contributed by atoms with Gasteiger partial charge in [0, 0.05) is 6.04 Å². The molecule has 2 aliphatic rings. The second-order valence-electron chi connectivity index (χ2n) is 9.54. The van der Waals surface area contributed by atoms with Gasteiger partial charge in [0.15, 0.2) is 5.82 Å². The summed E-state index contributed by atoms with van der Waals surface area (Å²) in [4.78, 5) is 21.5. The maximum atomic E-state index is 13.0. The van der Waals surface area contributed by atoms with Crippen LogP contribution in [-0.2, 0) is 34.3 Å². The van der Waals surface area contributed by atoms with Crippen molar-refractivity contribution in [2.75, 3.05) is 25.4 Å². The van der Waals surface area contributed by atoms with Crippen molar-refractivity contribution in [2.45, 2.75) is 77.5 Å². The van der Waals surface area contributed by atoms with Crippen LogP contribution >= 0.6 is 0 Å². The summed E-state index contributed by atoms with van der Waals surface area (Å²) in [6.07, 6.45) is 5.05. The minimum Gasteiger partial charge on any atom is -0.331 e. The van der Waals surface area contributed by atoms with Gasteiger partial charge in [0.1, 0.15) is 12.4 Å². The van der Waals surface area contributed by atoms with Gasteiger partial charge in [0.25, 0.3) is 0 Å². The van der Waals surface area contributed by atoms with Gasteiger partial charge in [-0.05, 0) is 63.7 Å². The monoisotopic (exact) mass is 502 g/mol. The van der Waals surface area contributed by atoms with Crippen molar-refractivity contribution in [3.05, 3.63) is 47.5 Å². The van der Waals surface area contributed by atoms with E-state index in [1.54, 1.807) is 4.68 Å².